The van der Waals surface area contributed by atoms with Crippen LogP contribution in [0.25, 0.3) is 0 Å². The predicted molar refractivity (Wildman–Crippen MR) is 75.3 cm³/mol. The number of anilines is 1. The van der Waals surface area contributed by atoms with E-state index in [9.17, 15) is 13.2 Å². The first-order valence-electron chi connectivity index (χ1n) is 6.95. The minimum absolute atomic E-state index is 0.0101. The smallest absolute Gasteiger partial charge is 0.416 e. The van der Waals surface area contributed by atoms with Crippen molar-refractivity contribution in [3.05, 3.63) is 29.8 Å². The fraction of sp³-hybridized carbons (Fsp3) is 0.533. The van der Waals surface area contributed by atoms with Crippen LogP contribution in [0.15, 0.2) is 24.3 Å². The molecule has 21 heavy (non-hydrogen) atoms. The summed E-state index contributed by atoms with van der Waals surface area (Å²) in [6, 6.07) is 1.92. The molecule has 0 amide bonds. The van der Waals surface area contributed by atoms with Crippen LogP contribution in [0.5, 0.6) is 5.88 Å². The summed E-state index contributed by atoms with van der Waals surface area (Å²) < 4.78 is 44.0. The molecule has 1 aliphatic carbocycles. The van der Waals surface area contributed by atoms with Gasteiger partial charge in [0.15, 0.2) is 0 Å². The van der Waals surface area contributed by atoms with Crippen LogP contribution in [-0.4, -0.2) is 18.6 Å². The largest absolute Gasteiger partial charge is 0.477 e. The summed E-state index contributed by atoms with van der Waals surface area (Å²) in [6.07, 6.45) is 1.67. The van der Waals surface area contributed by atoms with Crippen molar-refractivity contribution in [1.29, 1.82) is 0 Å². The maximum absolute atomic E-state index is 12.8. The second kappa shape index (κ2) is 6.37. The van der Waals surface area contributed by atoms with E-state index in [1.807, 2.05) is 0 Å². The fourth-order valence-electron chi connectivity index (χ4n) is 2.30. The SMILES string of the molecule is CNc1cc(C(F)(F)F)cc(OCC2CC=CCC2C)n1. The Hall–Kier alpha value is -1.72. The number of hydrogen-bond donors (Lipinski definition) is 1. The van der Waals surface area contributed by atoms with E-state index in [-0.39, 0.29) is 11.7 Å². The highest BCUT2D eigenvalue weighted by atomic mass is 19.4. The number of ether oxygens (including phenoxy) is 1. The van der Waals surface area contributed by atoms with Gasteiger partial charge in [-0.15, -0.1) is 0 Å². The zero-order valence-corrected chi connectivity index (χ0v) is 12.1. The van der Waals surface area contributed by atoms with E-state index < -0.39 is 11.7 Å². The molecular weight excluding hydrogens is 281 g/mol. The summed E-state index contributed by atoms with van der Waals surface area (Å²) in [4.78, 5) is 4.02. The van der Waals surface area contributed by atoms with Crippen LogP contribution in [0.1, 0.15) is 25.3 Å². The predicted octanol–water partition coefficient (Wildman–Crippen LogP) is 4.12. The maximum Gasteiger partial charge on any atom is 0.416 e. The van der Waals surface area contributed by atoms with E-state index in [2.05, 4.69) is 29.4 Å². The molecule has 0 fully saturated rings. The Morgan fingerprint density at radius 2 is 2.00 bits per heavy atom. The summed E-state index contributed by atoms with van der Waals surface area (Å²) in [5.74, 6) is 0.932. The highest BCUT2D eigenvalue weighted by Gasteiger charge is 2.32. The second-order valence-corrected chi connectivity index (χ2v) is 5.32. The second-order valence-electron chi connectivity index (χ2n) is 5.32. The number of alkyl halides is 3. The third-order valence-corrected chi connectivity index (χ3v) is 3.75. The first-order chi connectivity index (χ1) is 9.90. The Labute approximate surface area is 122 Å². The van der Waals surface area contributed by atoms with Crippen molar-refractivity contribution in [2.45, 2.75) is 25.9 Å². The van der Waals surface area contributed by atoms with Crippen molar-refractivity contribution in [3.63, 3.8) is 0 Å². The van der Waals surface area contributed by atoms with Gasteiger partial charge in [0.1, 0.15) is 5.82 Å². The van der Waals surface area contributed by atoms with E-state index in [1.54, 1.807) is 0 Å². The summed E-state index contributed by atoms with van der Waals surface area (Å²) in [5.41, 5.74) is -0.756. The van der Waals surface area contributed by atoms with Crippen molar-refractivity contribution in [3.8, 4) is 5.88 Å². The maximum atomic E-state index is 12.8. The molecule has 1 aromatic heterocycles. The highest BCUT2D eigenvalue weighted by molar-refractivity contribution is 5.42. The van der Waals surface area contributed by atoms with Crippen LogP contribution < -0.4 is 10.1 Å². The topological polar surface area (TPSA) is 34.1 Å². The number of allylic oxidation sites excluding steroid dienone is 2. The van der Waals surface area contributed by atoms with Gasteiger partial charge in [-0.2, -0.15) is 18.2 Å². The molecule has 1 aromatic rings. The first-order valence-corrected chi connectivity index (χ1v) is 6.95. The van der Waals surface area contributed by atoms with Gasteiger partial charge in [0, 0.05) is 13.1 Å². The lowest BCUT2D eigenvalue weighted by atomic mass is 9.85. The van der Waals surface area contributed by atoms with Gasteiger partial charge in [0.2, 0.25) is 5.88 Å². The van der Waals surface area contributed by atoms with Crippen LogP contribution in [0.2, 0.25) is 0 Å². The summed E-state index contributed by atoms with van der Waals surface area (Å²) in [7, 11) is 1.53. The molecule has 2 rings (SSSR count). The van der Waals surface area contributed by atoms with Gasteiger partial charge < -0.3 is 10.1 Å². The van der Waals surface area contributed by atoms with Gasteiger partial charge in [0.05, 0.1) is 12.2 Å². The Morgan fingerprint density at radius 1 is 1.29 bits per heavy atom. The number of rotatable bonds is 4. The molecular formula is C15H19F3N2O. The number of hydrogen-bond acceptors (Lipinski definition) is 3. The van der Waals surface area contributed by atoms with Gasteiger partial charge in [-0.3, -0.25) is 0 Å². The van der Waals surface area contributed by atoms with Crippen LogP contribution >= 0.6 is 0 Å². The summed E-state index contributed by atoms with van der Waals surface area (Å²) in [6.45, 7) is 2.50. The van der Waals surface area contributed by atoms with E-state index in [1.165, 1.54) is 7.05 Å². The molecule has 0 bridgehead atoms. The van der Waals surface area contributed by atoms with Crippen molar-refractivity contribution in [1.82, 2.24) is 4.98 Å². The van der Waals surface area contributed by atoms with Crippen molar-refractivity contribution in [2.75, 3.05) is 19.0 Å². The lowest BCUT2D eigenvalue weighted by Gasteiger charge is -2.25. The minimum Gasteiger partial charge on any atom is -0.477 e. The molecule has 0 spiro atoms. The number of pyridine rings is 1. The van der Waals surface area contributed by atoms with Crippen molar-refractivity contribution < 1.29 is 17.9 Å². The molecule has 2 unspecified atom stereocenters. The molecule has 1 aliphatic rings. The molecule has 0 radical (unpaired) electrons. The van der Waals surface area contributed by atoms with Gasteiger partial charge in [0.25, 0.3) is 0 Å². The van der Waals surface area contributed by atoms with Crippen LogP contribution in [-0.2, 0) is 6.18 Å². The van der Waals surface area contributed by atoms with Gasteiger partial charge >= 0.3 is 6.18 Å². The standard InChI is InChI=1S/C15H19F3N2O/c1-10-5-3-4-6-11(10)9-21-14-8-12(15(16,17)18)7-13(19-2)20-14/h3-4,7-8,10-11H,5-6,9H2,1-2H3,(H,19,20). The number of nitrogens with one attached hydrogen (secondary N) is 1. The summed E-state index contributed by atoms with van der Waals surface area (Å²) >= 11 is 0. The number of halogens is 3. The van der Waals surface area contributed by atoms with Crippen molar-refractivity contribution >= 4 is 5.82 Å². The molecule has 0 saturated heterocycles. The van der Waals surface area contributed by atoms with Gasteiger partial charge in [-0.1, -0.05) is 19.1 Å². The molecule has 1 N–H and O–H groups in total. The Kier molecular flexibility index (Phi) is 4.75. The number of aromatic nitrogens is 1. The average Bonchev–Trinajstić information content (AvgIpc) is 2.45. The number of nitrogens with zero attached hydrogens (tertiary/aromatic N) is 1. The van der Waals surface area contributed by atoms with E-state index in [4.69, 9.17) is 4.74 Å². The zero-order valence-electron chi connectivity index (χ0n) is 12.1. The normalized spacial score (nSPS) is 22.1. The fourth-order valence-corrected chi connectivity index (χ4v) is 2.30. The molecule has 1 heterocycles. The minimum atomic E-state index is -4.41. The molecule has 3 nitrogen and oxygen atoms in total. The molecule has 0 aliphatic heterocycles. The van der Waals surface area contributed by atoms with E-state index >= 15 is 0 Å². The van der Waals surface area contributed by atoms with Gasteiger partial charge in [-0.25, -0.2) is 0 Å². The molecule has 6 heteroatoms. The first kappa shape index (κ1) is 15.7. The Bertz CT molecular complexity index is 514. The van der Waals surface area contributed by atoms with Crippen LogP contribution in [0.4, 0.5) is 19.0 Å². The van der Waals surface area contributed by atoms with Gasteiger partial charge in [-0.05, 0) is 30.7 Å². The Morgan fingerprint density at radius 3 is 2.62 bits per heavy atom. The molecule has 2 atom stereocenters. The monoisotopic (exact) mass is 300 g/mol. The van der Waals surface area contributed by atoms with Crippen LogP contribution in [0.3, 0.4) is 0 Å². The third-order valence-electron chi connectivity index (χ3n) is 3.75. The highest BCUT2D eigenvalue weighted by Crippen LogP contribution is 2.33. The quantitative estimate of drug-likeness (QED) is 0.849. The molecule has 0 saturated carbocycles. The molecule has 116 valence electrons. The Balaban J connectivity index is 2.10. The van der Waals surface area contributed by atoms with Crippen molar-refractivity contribution in [2.24, 2.45) is 11.8 Å². The third kappa shape index (κ3) is 4.12. The van der Waals surface area contributed by atoms with E-state index in [0.717, 1.165) is 25.0 Å². The lowest BCUT2D eigenvalue weighted by Crippen LogP contribution is -2.21. The van der Waals surface area contributed by atoms with Crippen LogP contribution in [0, 0.1) is 11.8 Å². The average molecular weight is 300 g/mol. The zero-order chi connectivity index (χ0) is 15.5. The van der Waals surface area contributed by atoms with E-state index in [0.29, 0.717) is 18.4 Å². The summed E-state index contributed by atoms with van der Waals surface area (Å²) in [5, 5.41) is 2.62. The lowest BCUT2D eigenvalue weighted by molar-refractivity contribution is -0.137. The molecule has 0 aromatic carbocycles.